The summed E-state index contributed by atoms with van der Waals surface area (Å²) >= 11 is 12.8. The molecule has 8 nitrogen and oxygen atoms in total. The van der Waals surface area contributed by atoms with Crippen molar-refractivity contribution in [2.45, 2.75) is 19.1 Å². The number of hydrogen-bond acceptors (Lipinski definition) is 7. The van der Waals surface area contributed by atoms with E-state index in [2.05, 4.69) is 25.5 Å². The van der Waals surface area contributed by atoms with Crippen LogP contribution in [-0.2, 0) is 12.7 Å². The van der Waals surface area contributed by atoms with Gasteiger partial charge in [0.2, 0.25) is 0 Å². The maximum Gasteiger partial charge on any atom is 0.416 e. The first-order valence-corrected chi connectivity index (χ1v) is 12.7. The highest BCUT2D eigenvalue weighted by molar-refractivity contribution is 7.17. The zero-order chi connectivity index (χ0) is 27.6. The molecule has 3 aromatic rings. The number of aromatic nitrogens is 2. The number of pyridine rings is 1. The fourth-order valence-corrected chi connectivity index (χ4v) is 5.09. The molecule has 200 valence electrons. The van der Waals surface area contributed by atoms with Crippen molar-refractivity contribution in [3.63, 3.8) is 0 Å². The number of hydrogen-bond donors (Lipinski definition) is 3. The van der Waals surface area contributed by atoms with Crippen LogP contribution < -0.4 is 10.6 Å². The molecule has 1 aliphatic heterocycles. The fourth-order valence-electron chi connectivity index (χ4n) is 3.63. The minimum atomic E-state index is -4.59. The Morgan fingerprint density at radius 3 is 2.58 bits per heavy atom. The van der Waals surface area contributed by atoms with Crippen molar-refractivity contribution in [3.05, 3.63) is 74.1 Å². The number of thiazole rings is 1. The summed E-state index contributed by atoms with van der Waals surface area (Å²) in [5, 5.41) is 14.7. The largest absolute Gasteiger partial charge is 0.504 e. The summed E-state index contributed by atoms with van der Waals surface area (Å²) in [5.41, 5.74) is -0.504. The highest BCUT2D eigenvalue weighted by Crippen LogP contribution is 2.35. The number of alkyl halides is 3. The van der Waals surface area contributed by atoms with Gasteiger partial charge in [-0.15, -0.1) is 0 Å². The number of nitrogens with one attached hydrogen (secondary N) is 2. The van der Waals surface area contributed by atoms with Crippen LogP contribution in [-0.4, -0.2) is 51.9 Å². The lowest BCUT2D eigenvalue weighted by atomic mass is 10.1. The maximum atomic E-state index is 13.4. The van der Waals surface area contributed by atoms with E-state index in [9.17, 15) is 27.9 Å². The predicted octanol–water partition coefficient (Wildman–Crippen LogP) is 5.47. The average Bonchev–Trinajstić information content (AvgIpc) is 3.29. The standard InChI is InChI=1S/C24H20Cl2F3N5O3S/c1-34-8-6-12(7-9-34)22-32-17(21(37)30-11-13-4-2-3-5-14(13)24(27,28)29)23(38-22)33-20(36)16-10-15(25)18(35)19(26)31-16/h2-6,10,35H,7-9,11H2,1H3,(H,30,37)(H,33,36). The van der Waals surface area contributed by atoms with Crippen LogP contribution in [0.5, 0.6) is 5.75 Å². The lowest BCUT2D eigenvalue weighted by molar-refractivity contribution is -0.138. The average molecular weight is 586 g/mol. The number of nitrogens with zero attached hydrogens (tertiary/aromatic N) is 3. The van der Waals surface area contributed by atoms with Gasteiger partial charge in [-0.3, -0.25) is 9.59 Å². The number of rotatable bonds is 6. The number of benzene rings is 1. The number of aromatic hydroxyl groups is 1. The minimum Gasteiger partial charge on any atom is -0.504 e. The van der Waals surface area contributed by atoms with E-state index in [-0.39, 0.29) is 32.1 Å². The van der Waals surface area contributed by atoms with E-state index in [1.807, 2.05) is 13.1 Å². The second-order valence-electron chi connectivity index (χ2n) is 8.36. The highest BCUT2D eigenvalue weighted by atomic mass is 35.5. The summed E-state index contributed by atoms with van der Waals surface area (Å²) in [6.45, 7) is 1.02. The third-order valence-corrected chi connectivity index (χ3v) is 7.25. The van der Waals surface area contributed by atoms with Crippen LogP contribution in [0.4, 0.5) is 18.2 Å². The molecule has 2 amide bonds. The zero-order valence-electron chi connectivity index (χ0n) is 19.7. The minimum absolute atomic E-state index is 0.0635. The summed E-state index contributed by atoms with van der Waals surface area (Å²) in [5.74, 6) is -2.04. The van der Waals surface area contributed by atoms with Gasteiger partial charge in [0, 0.05) is 19.6 Å². The molecule has 0 saturated carbocycles. The molecule has 0 radical (unpaired) electrons. The zero-order valence-corrected chi connectivity index (χ0v) is 22.0. The van der Waals surface area contributed by atoms with Crippen molar-refractivity contribution in [1.29, 1.82) is 0 Å². The Kier molecular flexibility index (Phi) is 8.26. The molecule has 4 rings (SSSR count). The van der Waals surface area contributed by atoms with E-state index in [4.69, 9.17) is 23.2 Å². The summed E-state index contributed by atoms with van der Waals surface area (Å²) < 4.78 is 40.1. The van der Waals surface area contributed by atoms with Gasteiger partial charge in [0.25, 0.3) is 11.8 Å². The second-order valence-corrected chi connectivity index (χ2v) is 10.1. The Hall–Kier alpha value is -3.19. The van der Waals surface area contributed by atoms with Gasteiger partial charge in [0.05, 0.1) is 10.6 Å². The summed E-state index contributed by atoms with van der Waals surface area (Å²) in [6.07, 6.45) is -1.98. The number of carbonyl (C=O) groups is 2. The van der Waals surface area contributed by atoms with Crippen molar-refractivity contribution < 1.29 is 27.9 Å². The number of anilines is 1. The van der Waals surface area contributed by atoms with Gasteiger partial charge >= 0.3 is 6.18 Å². The van der Waals surface area contributed by atoms with E-state index in [0.29, 0.717) is 18.0 Å². The van der Waals surface area contributed by atoms with Crippen LogP contribution >= 0.6 is 34.5 Å². The van der Waals surface area contributed by atoms with Gasteiger partial charge in [-0.05, 0) is 36.7 Å². The van der Waals surface area contributed by atoms with Crippen molar-refractivity contribution >= 4 is 56.9 Å². The van der Waals surface area contributed by atoms with Crippen molar-refractivity contribution in [1.82, 2.24) is 20.2 Å². The normalized spacial score (nSPS) is 14.2. The Bertz CT molecular complexity index is 1400. The van der Waals surface area contributed by atoms with Gasteiger partial charge in [0.1, 0.15) is 15.7 Å². The van der Waals surface area contributed by atoms with Crippen LogP contribution in [0, 0.1) is 0 Å². The molecule has 0 aliphatic carbocycles. The van der Waals surface area contributed by atoms with Gasteiger partial charge in [-0.2, -0.15) is 13.2 Å². The molecule has 2 aromatic heterocycles. The highest BCUT2D eigenvalue weighted by Gasteiger charge is 2.33. The van der Waals surface area contributed by atoms with E-state index in [0.717, 1.165) is 35.6 Å². The van der Waals surface area contributed by atoms with Crippen molar-refractivity contribution in [2.75, 3.05) is 25.5 Å². The second kappa shape index (κ2) is 11.3. The quantitative estimate of drug-likeness (QED) is 0.331. The molecule has 38 heavy (non-hydrogen) atoms. The molecule has 3 heterocycles. The first-order chi connectivity index (χ1) is 17.9. The number of likely N-dealkylation sites (N-methyl/N-ethyl adjacent to an activating group) is 1. The monoisotopic (exact) mass is 585 g/mol. The lowest BCUT2D eigenvalue weighted by Gasteiger charge is -2.20. The Balaban J connectivity index is 1.63. The summed E-state index contributed by atoms with van der Waals surface area (Å²) in [4.78, 5) is 36.3. The molecule has 14 heteroatoms. The molecular formula is C24H20Cl2F3N5O3S. The van der Waals surface area contributed by atoms with Gasteiger partial charge in [-0.25, -0.2) is 9.97 Å². The summed E-state index contributed by atoms with van der Waals surface area (Å²) in [6, 6.07) is 6.01. The molecule has 1 aliphatic rings. The maximum absolute atomic E-state index is 13.4. The third kappa shape index (κ3) is 6.26. The molecular weight excluding hydrogens is 566 g/mol. The summed E-state index contributed by atoms with van der Waals surface area (Å²) in [7, 11) is 1.96. The first-order valence-electron chi connectivity index (χ1n) is 11.1. The fraction of sp³-hybridized carbons (Fsp3) is 0.250. The molecule has 0 atom stereocenters. The predicted molar refractivity (Wildman–Crippen MR) is 139 cm³/mol. The lowest BCUT2D eigenvalue weighted by Crippen LogP contribution is -2.26. The Morgan fingerprint density at radius 1 is 1.18 bits per heavy atom. The van der Waals surface area contributed by atoms with Crippen LogP contribution in [0.15, 0.2) is 36.4 Å². The Labute approximate surface area is 229 Å². The third-order valence-electron chi connectivity index (χ3n) is 5.65. The van der Waals surface area contributed by atoms with Crippen LogP contribution in [0.3, 0.4) is 0 Å². The molecule has 3 N–H and O–H groups in total. The van der Waals surface area contributed by atoms with E-state index in [1.165, 1.54) is 18.2 Å². The van der Waals surface area contributed by atoms with Crippen molar-refractivity contribution in [2.24, 2.45) is 0 Å². The van der Waals surface area contributed by atoms with Gasteiger partial charge in [-0.1, -0.05) is 58.8 Å². The number of amides is 2. The molecule has 0 unspecified atom stereocenters. The SMILES string of the molecule is CN1CC=C(c2nc(C(=O)NCc3ccccc3C(F)(F)F)c(NC(=O)c3cc(Cl)c(O)c(Cl)n3)s2)CC1. The van der Waals surface area contributed by atoms with E-state index in [1.54, 1.807) is 0 Å². The first kappa shape index (κ1) is 27.8. The molecule has 0 fully saturated rings. The number of halogens is 5. The molecule has 0 saturated heterocycles. The van der Waals surface area contributed by atoms with Crippen LogP contribution in [0.2, 0.25) is 10.2 Å². The molecule has 0 spiro atoms. The van der Waals surface area contributed by atoms with Gasteiger partial charge < -0.3 is 20.6 Å². The topological polar surface area (TPSA) is 107 Å². The van der Waals surface area contributed by atoms with Gasteiger partial charge in [0.15, 0.2) is 16.6 Å². The van der Waals surface area contributed by atoms with E-state index < -0.39 is 35.8 Å². The van der Waals surface area contributed by atoms with Crippen LogP contribution in [0.1, 0.15) is 43.5 Å². The molecule has 1 aromatic carbocycles. The molecule has 0 bridgehead atoms. The van der Waals surface area contributed by atoms with Crippen molar-refractivity contribution in [3.8, 4) is 5.75 Å². The number of carbonyl (C=O) groups excluding carboxylic acids is 2. The Morgan fingerprint density at radius 2 is 1.92 bits per heavy atom. The smallest absolute Gasteiger partial charge is 0.416 e. The van der Waals surface area contributed by atoms with E-state index >= 15 is 0 Å². The van der Waals surface area contributed by atoms with Crippen LogP contribution in [0.25, 0.3) is 5.57 Å².